The number of ether oxygens (including phenoxy) is 2. The van der Waals surface area contributed by atoms with E-state index in [1.54, 1.807) is 6.07 Å². The molecule has 14 heteroatoms. The van der Waals surface area contributed by atoms with Gasteiger partial charge in [-0.1, -0.05) is 69.0 Å². The number of carbonyl (C=O) groups is 1. The third-order valence-electron chi connectivity index (χ3n) is 10.3. The number of anilines is 1. The first kappa shape index (κ1) is 40.8. The van der Waals surface area contributed by atoms with E-state index in [0.717, 1.165) is 77.3 Å². The molecule has 5 rings (SSSR count). The summed E-state index contributed by atoms with van der Waals surface area (Å²) in [5.41, 5.74) is 4.61. The molecular formula is C39H52N3O9S2+. The van der Waals surface area contributed by atoms with Gasteiger partial charge in [-0.3, -0.25) is 9.35 Å². The molecule has 12 nitrogen and oxygen atoms in total. The molecule has 0 aliphatic carbocycles. The van der Waals surface area contributed by atoms with E-state index in [-0.39, 0.29) is 22.5 Å². The lowest BCUT2D eigenvalue weighted by Crippen LogP contribution is -2.47. The lowest BCUT2D eigenvalue weighted by atomic mass is 9.81. The van der Waals surface area contributed by atoms with Crippen molar-refractivity contribution in [2.24, 2.45) is 0 Å². The minimum atomic E-state index is -4.49. The monoisotopic (exact) mass is 770 g/mol. The number of amides is 1. The molecule has 2 aromatic rings. The molecule has 3 aliphatic heterocycles. The second kappa shape index (κ2) is 17.4. The molecule has 0 radical (unpaired) electrons. The number of hydrogen-bond acceptors (Lipinski definition) is 10. The van der Waals surface area contributed by atoms with Gasteiger partial charge in [0.15, 0.2) is 12.0 Å². The van der Waals surface area contributed by atoms with E-state index in [0.29, 0.717) is 31.9 Å². The molecule has 53 heavy (non-hydrogen) atoms. The zero-order chi connectivity index (χ0) is 38.4. The number of nitrogens with zero attached hydrogens (tertiary/aromatic N) is 2. The fraction of sp³-hybridized carbons (Fsp3) is 0.487. The lowest BCUT2D eigenvalue weighted by Gasteiger charge is -2.33. The summed E-state index contributed by atoms with van der Waals surface area (Å²) in [6.45, 7) is 11.8. The Morgan fingerprint density at radius 1 is 1.11 bits per heavy atom. The van der Waals surface area contributed by atoms with Crippen molar-refractivity contribution in [3.05, 3.63) is 83.6 Å². The summed E-state index contributed by atoms with van der Waals surface area (Å²) >= 11 is 0.916. The van der Waals surface area contributed by atoms with Gasteiger partial charge >= 0.3 is 0 Å². The fourth-order valence-electron chi connectivity index (χ4n) is 7.48. The summed E-state index contributed by atoms with van der Waals surface area (Å²) in [7, 11) is -2.49. The molecule has 0 bridgehead atoms. The molecule has 0 spiro atoms. The average molecular weight is 771 g/mol. The summed E-state index contributed by atoms with van der Waals surface area (Å²) in [5, 5.41) is 15.4. The van der Waals surface area contributed by atoms with Crippen molar-refractivity contribution < 1.29 is 46.4 Å². The van der Waals surface area contributed by atoms with E-state index in [1.807, 2.05) is 54.5 Å². The van der Waals surface area contributed by atoms with Crippen LogP contribution in [0.25, 0.3) is 0 Å². The van der Waals surface area contributed by atoms with Crippen LogP contribution in [0.2, 0.25) is 0 Å². The third kappa shape index (κ3) is 9.14. The number of hydrogen-bond donors (Lipinski definition) is 3. The van der Waals surface area contributed by atoms with Gasteiger partial charge in [-0.2, -0.15) is 13.0 Å². The molecule has 3 N–H and O–H groups in total. The van der Waals surface area contributed by atoms with Crippen LogP contribution in [-0.2, 0) is 44.6 Å². The van der Waals surface area contributed by atoms with Crippen LogP contribution < -0.4 is 10.2 Å². The zero-order valence-electron chi connectivity index (χ0n) is 31.3. The maximum atomic E-state index is 14.0. The highest BCUT2D eigenvalue weighted by molar-refractivity contribution is 7.94. The van der Waals surface area contributed by atoms with Crippen LogP contribution in [0.5, 0.6) is 0 Å². The summed E-state index contributed by atoms with van der Waals surface area (Å²) in [6, 6.07) is 9.89. The van der Waals surface area contributed by atoms with Crippen molar-refractivity contribution in [2.75, 3.05) is 31.7 Å². The highest BCUT2D eigenvalue weighted by Crippen LogP contribution is 2.50. The number of allylic oxidation sites excluding steroid dienone is 6. The Bertz CT molecular complexity index is 1880. The molecule has 0 saturated carbocycles. The van der Waals surface area contributed by atoms with Gasteiger partial charge in [0.25, 0.3) is 10.1 Å². The maximum absolute atomic E-state index is 14.0. The lowest BCUT2D eigenvalue weighted by molar-refractivity contribution is -0.432. The van der Waals surface area contributed by atoms with E-state index in [9.17, 15) is 17.8 Å². The smallest absolute Gasteiger partial charge is 0.294 e. The van der Waals surface area contributed by atoms with Gasteiger partial charge in [-0.15, -0.1) is 4.33 Å². The topological polar surface area (TPSA) is 147 Å². The summed E-state index contributed by atoms with van der Waals surface area (Å²) in [4.78, 5) is 16.5. The van der Waals surface area contributed by atoms with Crippen molar-refractivity contribution in [1.82, 2.24) is 5.32 Å². The predicted molar refractivity (Wildman–Crippen MR) is 205 cm³/mol. The van der Waals surface area contributed by atoms with E-state index in [4.69, 9.17) is 14.7 Å². The van der Waals surface area contributed by atoms with Gasteiger partial charge in [0.1, 0.15) is 13.1 Å². The van der Waals surface area contributed by atoms with E-state index in [2.05, 4.69) is 60.0 Å². The third-order valence-corrected chi connectivity index (χ3v) is 11.7. The molecule has 288 valence electrons. The molecule has 3 aliphatic rings. The number of unbranched alkanes of at least 4 members (excludes halogenated alkanes) is 1. The highest BCUT2D eigenvalue weighted by Gasteiger charge is 2.45. The first-order chi connectivity index (χ1) is 25.2. The summed E-state index contributed by atoms with van der Waals surface area (Å²) in [6.07, 6.45) is 14.7. The molecule has 2 unspecified atom stereocenters. The minimum Gasteiger partial charge on any atom is -0.353 e. The average Bonchev–Trinajstić information content (AvgIpc) is 3.46. The number of fused-ring (bicyclic) bond motifs is 2. The van der Waals surface area contributed by atoms with Crippen LogP contribution in [0.4, 0.5) is 11.4 Å². The minimum absolute atomic E-state index is 0.193. The number of rotatable bonds is 16. The molecule has 0 aromatic heterocycles. The van der Waals surface area contributed by atoms with E-state index in [1.165, 1.54) is 12.1 Å². The molecule has 3 heterocycles. The van der Waals surface area contributed by atoms with Crippen molar-refractivity contribution in [2.45, 2.75) is 106 Å². The summed E-state index contributed by atoms with van der Waals surface area (Å²) in [5.74, 6) is -0.193. The Hall–Kier alpha value is -3.34. The van der Waals surface area contributed by atoms with Crippen LogP contribution >= 0.6 is 12.0 Å². The Morgan fingerprint density at radius 3 is 2.58 bits per heavy atom. The van der Waals surface area contributed by atoms with Gasteiger partial charge in [-0.05, 0) is 69.4 Å². The van der Waals surface area contributed by atoms with Gasteiger partial charge in [0.05, 0.1) is 29.0 Å². The number of carbonyl (C=O) groups excluding carboxylic acids is 1. The second-order valence-corrected chi connectivity index (χ2v) is 16.7. The van der Waals surface area contributed by atoms with Crippen LogP contribution in [-0.4, -0.2) is 73.6 Å². The fourth-order valence-corrected chi connectivity index (χ4v) is 8.37. The molecule has 1 saturated heterocycles. The Balaban J connectivity index is 1.44. The van der Waals surface area contributed by atoms with E-state index < -0.39 is 21.6 Å². The molecular weight excluding hydrogens is 719 g/mol. The largest absolute Gasteiger partial charge is 0.353 e. The van der Waals surface area contributed by atoms with Gasteiger partial charge in [0.2, 0.25) is 11.6 Å². The van der Waals surface area contributed by atoms with Crippen LogP contribution in [0.1, 0.15) is 84.3 Å². The quantitative estimate of drug-likeness (QED) is 0.0299. The normalized spacial score (nSPS) is 20.8. The predicted octanol–water partition coefficient (Wildman–Crippen LogP) is 7.38. The molecule has 1 amide bonds. The Kier molecular flexibility index (Phi) is 13.4. The molecule has 2 aromatic carbocycles. The first-order valence-corrected chi connectivity index (χ1v) is 20.3. The van der Waals surface area contributed by atoms with Gasteiger partial charge < -0.3 is 19.7 Å². The van der Waals surface area contributed by atoms with Crippen molar-refractivity contribution in [3.63, 3.8) is 0 Å². The SMILES string of the molecule is CCCCC(C(=O)NCCOC1CCCCO1)N1C(=CC=CC=CC2=[N+](C)c3cc(SOOO)ccc3C2(C)C)C(C)(C)c2ccc(S(=O)(=O)O)cc21. The summed E-state index contributed by atoms with van der Waals surface area (Å²) < 4.78 is 52.8. The maximum Gasteiger partial charge on any atom is 0.294 e. The molecule has 2 atom stereocenters. The van der Waals surface area contributed by atoms with Crippen LogP contribution in [0.15, 0.2) is 82.3 Å². The van der Waals surface area contributed by atoms with Crippen LogP contribution in [0, 0.1) is 0 Å². The van der Waals surface area contributed by atoms with Crippen LogP contribution in [0.3, 0.4) is 0 Å². The molecule has 1 fully saturated rings. The number of benzene rings is 2. The Morgan fingerprint density at radius 2 is 1.89 bits per heavy atom. The first-order valence-electron chi connectivity index (χ1n) is 18.1. The second-order valence-electron chi connectivity index (χ2n) is 14.5. The standard InChI is InChI=1S/C39H51N3O9S2/c1-7-8-14-31(37(43)40-22-24-49-36-17-12-13-23-48-36)42-33-26-28(53(45,46)47)19-21-30(33)39(4,5)35(42)16-11-9-10-15-34-38(2,3)29-20-18-27(52-51-50-44)25-32(29)41(34)6/h9-11,15-16,18-21,25-26,31,36H,7-8,12-14,17,22-24H2,1-6H3,(H2-,40,43,44,45,46,47)/p+1. The van der Waals surface area contributed by atoms with Gasteiger partial charge in [0, 0.05) is 52.6 Å². The van der Waals surface area contributed by atoms with Crippen molar-refractivity contribution in [1.29, 1.82) is 0 Å². The Labute approximate surface area is 317 Å². The zero-order valence-corrected chi connectivity index (χ0v) is 33.0. The van der Waals surface area contributed by atoms with E-state index >= 15 is 0 Å². The highest BCUT2D eigenvalue weighted by atomic mass is 32.2. The van der Waals surface area contributed by atoms with Gasteiger partial charge in [-0.25, -0.2) is 5.26 Å². The number of nitrogens with one attached hydrogen (secondary N) is 1. The van der Waals surface area contributed by atoms with Crippen molar-refractivity contribution >= 4 is 45.2 Å². The van der Waals surface area contributed by atoms with Crippen molar-refractivity contribution in [3.8, 4) is 0 Å².